The Morgan fingerprint density at radius 3 is 2.90 bits per heavy atom. The molecule has 20 heavy (non-hydrogen) atoms. The third-order valence-electron chi connectivity index (χ3n) is 3.61. The third-order valence-corrected chi connectivity index (χ3v) is 3.86. The zero-order valence-electron chi connectivity index (χ0n) is 11.8. The van der Waals surface area contributed by atoms with Gasteiger partial charge in [0.05, 0.1) is 0 Å². The monoisotopic (exact) mass is 292 g/mol. The van der Waals surface area contributed by atoms with Gasteiger partial charge in [-0.25, -0.2) is 0 Å². The Hall–Kier alpha value is -1.32. The SMILES string of the molecule is CNC[C@@H]1CCCN(C(=O)/C=C/c2ccc(Cl)cc2)C1. The van der Waals surface area contributed by atoms with Crippen molar-refractivity contribution in [3.63, 3.8) is 0 Å². The van der Waals surface area contributed by atoms with E-state index in [9.17, 15) is 4.79 Å². The van der Waals surface area contributed by atoms with Gasteiger partial charge in [-0.15, -0.1) is 0 Å². The van der Waals surface area contributed by atoms with Crippen LogP contribution in [-0.2, 0) is 4.79 Å². The third kappa shape index (κ3) is 4.36. The van der Waals surface area contributed by atoms with Crippen LogP contribution in [0.1, 0.15) is 18.4 Å². The van der Waals surface area contributed by atoms with Crippen LogP contribution in [0.4, 0.5) is 0 Å². The van der Waals surface area contributed by atoms with Crippen molar-refractivity contribution in [1.82, 2.24) is 10.2 Å². The molecule has 108 valence electrons. The van der Waals surface area contributed by atoms with Crippen LogP contribution < -0.4 is 5.32 Å². The maximum Gasteiger partial charge on any atom is 0.246 e. The molecule has 0 saturated carbocycles. The molecule has 0 aromatic heterocycles. The number of piperidine rings is 1. The Morgan fingerprint density at radius 1 is 1.45 bits per heavy atom. The molecule has 0 aliphatic carbocycles. The predicted molar refractivity (Wildman–Crippen MR) is 83.7 cm³/mol. The maximum atomic E-state index is 12.2. The average molecular weight is 293 g/mol. The smallest absolute Gasteiger partial charge is 0.246 e. The Bertz CT molecular complexity index is 468. The summed E-state index contributed by atoms with van der Waals surface area (Å²) in [5, 5.41) is 3.90. The molecule has 1 saturated heterocycles. The summed E-state index contributed by atoms with van der Waals surface area (Å²) in [7, 11) is 1.96. The standard InChI is InChI=1S/C16H21ClN2O/c1-18-11-14-3-2-10-19(12-14)16(20)9-6-13-4-7-15(17)8-5-13/h4-9,14,18H,2-3,10-12H2,1H3/b9-6+/t14-/m0/s1. The molecule has 2 rings (SSSR count). The maximum absolute atomic E-state index is 12.2. The number of nitrogens with zero attached hydrogens (tertiary/aromatic N) is 1. The predicted octanol–water partition coefficient (Wildman–Crippen LogP) is 2.81. The molecule has 1 atom stereocenters. The Labute approximate surface area is 125 Å². The lowest BCUT2D eigenvalue weighted by Gasteiger charge is -2.32. The van der Waals surface area contributed by atoms with Gasteiger partial charge in [0.2, 0.25) is 5.91 Å². The van der Waals surface area contributed by atoms with Gasteiger partial charge in [0.1, 0.15) is 0 Å². The van der Waals surface area contributed by atoms with Crippen molar-refractivity contribution in [3.8, 4) is 0 Å². The molecule has 1 aromatic rings. The van der Waals surface area contributed by atoms with E-state index < -0.39 is 0 Å². The number of carbonyl (C=O) groups is 1. The molecule has 1 aliphatic rings. The number of likely N-dealkylation sites (tertiary alicyclic amines) is 1. The van der Waals surface area contributed by atoms with E-state index in [-0.39, 0.29) is 5.91 Å². The minimum Gasteiger partial charge on any atom is -0.339 e. The van der Waals surface area contributed by atoms with E-state index in [0.717, 1.165) is 31.6 Å². The van der Waals surface area contributed by atoms with Crippen molar-refractivity contribution in [2.75, 3.05) is 26.7 Å². The zero-order chi connectivity index (χ0) is 14.4. The van der Waals surface area contributed by atoms with Crippen molar-refractivity contribution in [2.45, 2.75) is 12.8 Å². The van der Waals surface area contributed by atoms with Crippen molar-refractivity contribution < 1.29 is 4.79 Å². The number of hydrogen-bond acceptors (Lipinski definition) is 2. The van der Waals surface area contributed by atoms with Crippen LogP contribution in [0, 0.1) is 5.92 Å². The van der Waals surface area contributed by atoms with Crippen molar-refractivity contribution >= 4 is 23.6 Å². The second-order valence-electron chi connectivity index (χ2n) is 5.24. The summed E-state index contributed by atoms with van der Waals surface area (Å²) in [4.78, 5) is 14.1. The quantitative estimate of drug-likeness (QED) is 0.866. The van der Waals surface area contributed by atoms with E-state index in [1.165, 1.54) is 6.42 Å². The molecular weight excluding hydrogens is 272 g/mol. The lowest BCUT2D eigenvalue weighted by molar-refractivity contribution is -0.127. The van der Waals surface area contributed by atoms with Gasteiger partial charge in [0.25, 0.3) is 0 Å². The molecule has 1 fully saturated rings. The number of amides is 1. The molecular formula is C16H21ClN2O. The molecule has 3 nitrogen and oxygen atoms in total. The van der Waals surface area contributed by atoms with Crippen molar-refractivity contribution in [1.29, 1.82) is 0 Å². The van der Waals surface area contributed by atoms with Crippen LogP contribution >= 0.6 is 11.6 Å². The largest absolute Gasteiger partial charge is 0.339 e. The summed E-state index contributed by atoms with van der Waals surface area (Å²) in [6.45, 7) is 2.69. The van der Waals surface area contributed by atoms with Gasteiger partial charge in [-0.05, 0) is 56.1 Å². The van der Waals surface area contributed by atoms with Crippen LogP contribution in [0.3, 0.4) is 0 Å². The lowest BCUT2D eigenvalue weighted by atomic mass is 9.98. The number of halogens is 1. The first-order valence-electron chi connectivity index (χ1n) is 7.06. The molecule has 1 aromatic carbocycles. The van der Waals surface area contributed by atoms with Gasteiger partial charge < -0.3 is 10.2 Å². The Morgan fingerprint density at radius 2 is 2.20 bits per heavy atom. The number of nitrogens with one attached hydrogen (secondary N) is 1. The van der Waals surface area contributed by atoms with E-state index in [4.69, 9.17) is 11.6 Å². The zero-order valence-corrected chi connectivity index (χ0v) is 12.6. The Balaban J connectivity index is 1.92. The topological polar surface area (TPSA) is 32.3 Å². The van der Waals surface area contributed by atoms with E-state index >= 15 is 0 Å². The van der Waals surface area contributed by atoms with Crippen LogP contribution in [0.25, 0.3) is 6.08 Å². The first kappa shape index (κ1) is 15.1. The fourth-order valence-corrected chi connectivity index (χ4v) is 2.69. The fraction of sp³-hybridized carbons (Fsp3) is 0.438. The second kappa shape index (κ2) is 7.46. The molecule has 1 amide bonds. The summed E-state index contributed by atoms with van der Waals surface area (Å²) in [5.74, 6) is 0.669. The molecule has 4 heteroatoms. The molecule has 1 heterocycles. The van der Waals surface area contributed by atoms with Crippen LogP contribution in [-0.4, -0.2) is 37.5 Å². The van der Waals surface area contributed by atoms with Crippen molar-refractivity contribution in [2.24, 2.45) is 5.92 Å². The molecule has 1 aliphatic heterocycles. The summed E-state index contributed by atoms with van der Waals surface area (Å²) >= 11 is 5.84. The highest BCUT2D eigenvalue weighted by atomic mass is 35.5. The summed E-state index contributed by atoms with van der Waals surface area (Å²) in [6, 6.07) is 7.48. The van der Waals surface area contributed by atoms with Gasteiger partial charge >= 0.3 is 0 Å². The average Bonchev–Trinajstić information content (AvgIpc) is 2.47. The van der Waals surface area contributed by atoms with Crippen molar-refractivity contribution in [3.05, 3.63) is 40.9 Å². The molecule has 0 radical (unpaired) electrons. The molecule has 0 unspecified atom stereocenters. The number of rotatable bonds is 4. The van der Waals surface area contributed by atoms with Gasteiger partial charge in [-0.3, -0.25) is 4.79 Å². The lowest BCUT2D eigenvalue weighted by Crippen LogP contribution is -2.41. The minimum atomic E-state index is 0.0979. The molecule has 0 spiro atoms. The van der Waals surface area contributed by atoms with Crippen LogP contribution in [0.5, 0.6) is 0 Å². The molecule has 1 N–H and O–H groups in total. The highest BCUT2D eigenvalue weighted by Crippen LogP contribution is 2.16. The van der Waals surface area contributed by atoms with Gasteiger partial charge in [0.15, 0.2) is 0 Å². The van der Waals surface area contributed by atoms with Gasteiger partial charge in [-0.1, -0.05) is 23.7 Å². The van der Waals surface area contributed by atoms with E-state index in [1.807, 2.05) is 42.3 Å². The Kier molecular flexibility index (Phi) is 5.62. The van der Waals surface area contributed by atoms with E-state index in [0.29, 0.717) is 10.9 Å². The van der Waals surface area contributed by atoms with E-state index in [1.54, 1.807) is 6.08 Å². The van der Waals surface area contributed by atoms with Gasteiger partial charge in [0, 0.05) is 24.2 Å². The normalized spacial score (nSPS) is 19.5. The number of hydrogen-bond donors (Lipinski definition) is 1. The number of benzene rings is 1. The first-order valence-corrected chi connectivity index (χ1v) is 7.44. The summed E-state index contributed by atoms with van der Waals surface area (Å²) in [5.41, 5.74) is 0.992. The van der Waals surface area contributed by atoms with E-state index in [2.05, 4.69) is 5.32 Å². The van der Waals surface area contributed by atoms with Crippen LogP contribution in [0.15, 0.2) is 30.3 Å². The number of carbonyl (C=O) groups excluding carboxylic acids is 1. The summed E-state index contributed by atoms with van der Waals surface area (Å²) < 4.78 is 0. The second-order valence-corrected chi connectivity index (χ2v) is 5.67. The fourth-order valence-electron chi connectivity index (χ4n) is 2.57. The summed E-state index contributed by atoms with van der Waals surface area (Å²) in [6.07, 6.45) is 5.80. The highest BCUT2D eigenvalue weighted by molar-refractivity contribution is 6.30. The van der Waals surface area contributed by atoms with Crippen LogP contribution in [0.2, 0.25) is 5.02 Å². The van der Waals surface area contributed by atoms with Gasteiger partial charge in [-0.2, -0.15) is 0 Å². The minimum absolute atomic E-state index is 0.0979. The first-order chi connectivity index (χ1) is 9.69. The molecule has 0 bridgehead atoms. The highest BCUT2D eigenvalue weighted by Gasteiger charge is 2.21.